The molecule has 6 nitrogen and oxygen atoms in total. The highest BCUT2D eigenvalue weighted by atomic mass is 35.5. The zero-order valence-electron chi connectivity index (χ0n) is 11.7. The van der Waals surface area contributed by atoms with Gasteiger partial charge < -0.3 is 0 Å². The fraction of sp³-hybridized carbons (Fsp3) is 0.0667. The van der Waals surface area contributed by atoms with E-state index in [1.807, 2.05) is 0 Å². The van der Waals surface area contributed by atoms with Gasteiger partial charge in [0.15, 0.2) is 0 Å². The number of nitrogens with zero attached hydrogens (tertiary/aromatic N) is 4. The smallest absolute Gasteiger partial charge is 0.290 e. The summed E-state index contributed by atoms with van der Waals surface area (Å²) in [5, 5.41) is 4.47. The van der Waals surface area contributed by atoms with Gasteiger partial charge in [0, 0.05) is 18.6 Å². The maximum atomic E-state index is 12.3. The molecular formula is C15H12ClN5O. The number of aryl methyl sites for hydroxylation is 1. The van der Waals surface area contributed by atoms with Gasteiger partial charge in [-0.1, -0.05) is 11.6 Å². The molecule has 3 aromatic heterocycles. The number of hydrazone groups is 1. The third-order valence-corrected chi connectivity index (χ3v) is 3.28. The third kappa shape index (κ3) is 2.82. The molecule has 3 rings (SSSR count). The Labute approximate surface area is 131 Å². The molecule has 110 valence electrons. The molecule has 0 aliphatic carbocycles. The van der Waals surface area contributed by atoms with E-state index >= 15 is 0 Å². The van der Waals surface area contributed by atoms with E-state index in [0.29, 0.717) is 22.1 Å². The van der Waals surface area contributed by atoms with Gasteiger partial charge in [-0.3, -0.25) is 14.2 Å². The van der Waals surface area contributed by atoms with Crippen molar-refractivity contribution in [1.82, 2.24) is 19.8 Å². The molecule has 0 saturated heterocycles. The quantitative estimate of drug-likeness (QED) is 0.596. The Bertz CT molecular complexity index is 857. The fourth-order valence-electron chi connectivity index (χ4n) is 2.08. The van der Waals surface area contributed by atoms with Crippen LogP contribution >= 0.6 is 11.6 Å². The van der Waals surface area contributed by atoms with Crippen LogP contribution in [0.3, 0.4) is 0 Å². The Balaban J connectivity index is 1.85. The van der Waals surface area contributed by atoms with Crippen LogP contribution in [0.25, 0.3) is 5.65 Å². The minimum atomic E-state index is -0.349. The summed E-state index contributed by atoms with van der Waals surface area (Å²) < 4.78 is 1.65. The first-order valence-corrected chi connectivity index (χ1v) is 6.90. The van der Waals surface area contributed by atoms with Crippen LogP contribution in [-0.2, 0) is 0 Å². The largest absolute Gasteiger partial charge is 0.294 e. The summed E-state index contributed by atoms with van der Waals surface area (Å²) in [6, 6.07) is 7.06. The molecule has 0 atom stereocenters. The van der Waals surface area contributed by atoms with Gasteiger partial charge in [-0.25, -0.2) is 10.4 Å². The number of imidazole rings is 1. The number of hydrogen-bond donors (Lipinski definition) is 1. The van der Waals surface area contributed by atoms with E-state index in [9.17, 15) is 4.79 Å². The molecule has 1 amide bonds. The maximum absolute atomic E-state index is 12.3. The van der Waals surface area contributed by atoms with E-state index in [-0.39, 0.29) is 5.91 Å². The van der Waals surface area contributed by atoms with Gasteiger partial charge in [0.25, 0.3) is 5.91 Å². The van der Waals surface area contributed by atoms with E-state index in [1.54, 1.807) is 60.4 Å². The Morgan fingerprint density at radius 1 is 1.32 bits per heavy atom. The fourth-order valence-corrected chi connectivity index (χ4v) is 2.24. The lowest BCUT2D eigenvalue weighted by Crippen LogP contribution is -2.20. The predicted molar refractivity (Wildman–Crippen MR) is 84.2 cm³/mol. The second-order valence-corrected chi connectivity index (χ2v) is 5.04. The molecule has 7 heteroatoms. The van der Waals surface area contributed by atoms with E-state index in [1.165, 1.54) is 0 Å². The van der Waals surface area contributed by atoms with Crippen molar-refractivity contribution in [2.45, 2.75) is 6.92 Å². The summed E-state index contributed by atoms with van der Waals surface area (Å²) in [4.78, 5) is 20.5. The van der Waals surface area contributed by atoms with Crippen LogP contribution < -0.4 is 5.43 Å². The second-order valence-electron chi connectivity index (χ2n) is 4.60. The molecule has 0 fully saturated rings. The highest BCUT2D eigenvalue weighted by Gasteiger charge is 2.16. The maximum Gasteiger partial charge on any atom is 0.290 e. The van der Waals surface area contributed by atoms with Gasteiger partial charge >= 0.3 is 0 Å². The van der Waals surface area contributed by atoms with Crippen molar-refractivity contribution in [1.29, 1.82) is 0 Å². The lowest BCUT2D eigenvalue weighted by atomic mass is 10.3. The molecule has 0 unspecified atom stereocenters. The van der Waals surface area contributed by atoms with Crippen LogP contribution in [0.1, 0.15) is 21.7 Å². The predicted octanol–water partition coefficient (Wildman–Crippen LogP) is 2.46. The lowest BCUT2D eigenvalue weighted by Gasteiger charge is -2.02. The van der Waals surface area contributed by atoms with Crippen molar-refractivity contribution >= 4 is 29.4 Å². The molecular weight excluding hydrogens is 302 g/mol. The summed E-state index contributed by atoms with van der Waals surface area (Å²) in [6.07, 6.45) is 6.50. The van der Waals surface area contributed by atoms with Crippen molar-refractivity contribution < 1.29 is 4.79 Å². The Kier molecular flexibility index (Phi) is 3.84. The molecule has 0 aliphatic heterocycles. The highest BCUT2D eigenvalue weighted by molar-refractivity contribution is 6.30. The first-order chi connectivity index (χ1) is 10.6. The van der Waals surface area contributed by atoms with E-state index in [4.69, 9.17) is 11.6 Å². The van der Waals surface area contributed by atoms with E-state index in [2.05, 4.69) is 20.5 Å². The number of rotatable bonds is 3. The van der Waals surface area contributed by atoms with Gasteiger partial charge in [-0.05, 0) is 36.8 Å². The Hall–Kier alpha value is -2.73. The van der Waals surface area contributed by atoms with Crippen molar-refractivity contribution in [3.63, 3.8) is 0 Å². The summed E-state index contributed by atoms with van der Waals surface area (Å²) in [5.41, 5.74) is 5.01. The molecule has 0 aliphatic rings. The van der Waals surface area contributed by atoms with Crippen LogP contribution in [0.5, 0.6) is 0 Å². The van der Waals surface area contributed by atoms with Gasteiger partial charge in [0.05, 0.1) is 16.9 Å². The Morgan fingerprint density at radius 3 is 2.86 bits per heavy atom. The topological polar surface area (TPSA) is 71.7 Å². The third-order valence-electron chi connectivity index (χ3n) is 3.06. The van der Waals surface area contributed by atoms with Crippen molar-refractivity contribution in [2.75, 3.05) is 0 Å². The van der Waals surface area contributed by atoms with Crippen LogP contribution in [0.4, 0.5) is 0 Å². The first-order valence-electron chi connectivity index (χ1n) is 6.53. The number of hydrogen-bond acceptors (Lipinski definition) is 4. The normalized spacial score (nSPS) is 11.2. The first kappa shape index (κ1) is 14.2. The zero-order valence-corrected chi connectivity index (χ0v) is 12.4. The number of amides is 1. The molecule has 0 saturated carbocycles. The zero-order chi connectivity index (χ0) is 15.5. The molecule has 0 spiro atoms. The van der Waals surface area contributed by atoms with Crippen molar-refractivity contribution in [3.05, 3.63) is 64.8 Å². The number of pyridine rings is 2. The standard InChI is InChI=1S/C15H12ClN5O/c1-10-14(21-9-12(16)2-3-13(21)19-10)15(22)20-18-8-11-4-6-17-7-5-11/h2-9H,1H3,(H,20,22)/b18-8-. The molecule has 3 aromatic rings. The number of carbonyl (C=O) groups excluding carboxylic acids is 1. The number of carbonyl (C=O) groups is 1. The summed E-state index contributed by atoms with van der Waals surface area (Å²) in [6.45, 7) is 1.77. The lowest BCUT2D eigenvalue weighted by molar-refractivity contribution is 0.0948. The summed E-state index contributed by atoms with van der Waals surface area (Å²) >= 11 is 5.97. The van der Waals surface area contributed by atoms with Gasteiger partial charge in [-0.2, -0.15) is 5.10 Å². The van der Waals surface area contributed by atoms with Gasteiger partial charge in [0.1, 0.15) is 11.3 Å². The number of fused-ring (bicyclic) bond motifs is 1. The monoisotopic (exact) mass is 313 g/mol. The van der Waals surface area contributed by atoms with Crippen molar-refractivity contribution in [3.8, 4) is 0 Å². The Morgan fingerprint density at radius 2 is 2.09 bits per heavy atom. The van der Waals surface area contributed by atoms with E-state index in [0.717, 1.165) is 5.56 Å². The number of nitrogens with one attached hydrogen (secondary N) is 1. The van der Waals surface area contributed by atoms with Gasteiger partial charge in [-0.15, -0.1) is 0 Å². The molecule has 0 bridgehead atoms. The molecule has 3 heterocycles. The van der Waals surface area contributed by atoms with Crippen molar-refractivity contribution in [2.24, 2.45) is 5.10 Å². The van der Waals surface area contributed by atoms with Gasteiger partial charge in [0.2, 0.25) is 0 Å². The molecule has 0 aromatic carbocycles. The highest BCUT2D eigenvalue weighted by Crippen LogP contribution is 2.16. The van der Waals surface area contributed by atoms with Crippen LogP contribution in [0.2, 0.25) is 5.02 Å². The second kappa shape index (κ2) is 5.95. The van der Waals surface area contributed by atoms with Crippen LogP contribution in [0, 0.1) is 6.92 Å². The summed E-state index contributed by atoms with van der Waals surface area (Å²) in [5.74, 6) is -0.349. The van der Waals surface area contributed by atoms with Crippen LogP contribution in [0.15, 0.2) is 48.0 Å². The minimum absolute atomic E-state index is 0.349. The molecule has 22 heavy (non-hydrogen) atoms. The summed E-state index contributed by atoms with van der Waals surface area (Å²) in [7, 11) is 0. The molecule has 0 radical (unpaired) electrons. The SMILES string of the molecule is Cc1nc2ccc(Cl)cn2c1C(=O)N/N=C\c1ccncc1. The van der Waals surface area contributed by atoms with E-state index < -0.39 is 0 Å². The van der Waals surface area contributed by atoms with Crippen LogP contribution in [-0.4, -0.2) is 26.5 Å². The minimum Gasteiger partial charge on any atom is -0.294 e. The molecule has 1 N–H and O–H groups in total. The average Bonchev–Trinajstić information content (AvgIpc) is 2.83. The number of aromatic nitrogens is 3. The average molecular weight is 314 g/mol. The number of halogens is 1.